The Morgan fingerprint density at radius 3 is 2.42 bits per heavy atom. The van der Waals surface area contributed by atoms with Gasteiger partial charge in [-0.3, -0.25) is 4.31 Å². The predicted molar refractivity (Wildman–Crippen MR) is 93.2 cm³/mol. The first kappa shape index (κ1) is 16.5. The zero-order chi connectivity index (χ0) is 17.5. The van der Waals surface area contributed by atoms with E-state index in [0.29, 0.717) is 30.0 Å². The SMILES string of the molecule is Cc1cccc(C)c1OC(=O)c1ccc2c(c1)CCN2S(C)(=O)=O. The van der Waals surface area contributed by atoms with E-state index in [1.807, 2.05) is 32.0 Å². The van der Waals surface area contributed by atoms with E-state index in [2.05, 4.69) is 0 Å². The number of fused-ring (bicyclic) bond motifs is 1. The average molecular weight is 345 g/mol. The van der Waals surface area contributed by atoms with Crippen LogP contribution < -0.4 is 9.04 Å². The second-order valence-corrected chi connectivity index (χ2v) is 7.95. The number of nitrogens with zero attached hydrogens (tertiary/aromatic N) is 1. The minimum atomic E-state index is -3.29. The summed E-state index contributed by atoms with van der Waals surface area (Å²) in [6.45, 7) is 4.19. The van der Waals surface area contributed by atoms with E-state index in [1.165, 1.54) is 10.6 Å². The largest absolute Gasteiger partial charge is 0.422 e. The molecule has 0 saturated carbocycles. The first-order valence-electron chi connectivity index (χ1n) is 7.66. The fourth-order valence-electron chi connectivity index (χ4n) is 2.95. The molecule has 2 aromatic rings. The molecule has 3 rings (SSSR count). The van der Waals surface area contributed by atoms with Crippen molar-refractivity contribution in [1.29, 1.82) is 0 Å². The Hall–Kier alpha value is -2.34. The Kier molecular flexibility index (Phi) is 4.09. The standard InChI is InChI=1S/C18H19NO4S/c1-12-5-4-6-13(2)17(12)23-18(20)15-7-8-16-14(11-15)9-10-19(16)24(3,21)22/h4-8,11H,9-10H2,1-3H3. The van der Waals surface area contributed by atoms with Gasteiger partial charge in [-0.1, -0.05) is 18.2 Å². The Morgan fingerprint density at radius 2 is 1.79 bits per heavy atom. The number of carbonyl (C=O) groups excluding carboxylic acids is 1. The van der Waals surface area contributed by atoms with E-state index in [4.69, 9.17) is 4.74 Å². The van der Waals surface area contributed by atoms with Crippen LogP contribution in [0.4, 0.5) is 5.69 Å². The Morgan fingerprint density at radius 1 is 1.12 bits per heavy atom. The molecule has 0 bridgehead atoms. The predicted octanol–water partition coefficient (Wildman–Crippen LogP) is 2.84. The van der Waals surface area contributed by atoms with Gasteiger partial charge in [-0.2, -0.15) is 0 Å². The van der Waals surface area contributed by atoms with E-state index < -0.39 is 16.0 Å². The molecule has 0 spiro atoms. The lowest BCUT2D eigenvalue weighted by Gasteiger charge is -2.16. The van der Waals surface area contributed by atoms with Crippen LogP contribution in [0.2, 0.25) is 0 Å². The summed E-state index contributed by atoms with van der Waals surface area (Å²) in [5.41, 5.74) is 3.70. The van der Waals surface area contributed by atoms with Gasteiger partial charge in [0.2, 0.25) is 10.0 Å². The van der Waals surface area contributed by atoms with Crippen molar-refractivity contribution in [3.05, 3.63) is 58.7 Å². The molecule has 0 amide bonds. The van der Waals surface area contributed by atoms with Gasteiger partial charge in [0.1, 0.15) is 5.75 Å². The van der Waals surface area contributed by atoms with Gasteiger partial charge in [0.05, 0.1) is 17.5 Å². The van der Waals surface area contributed by atoms with Crippen molar-refractivity contribution in [3.63, 3.8) is 0 Å². The third-order valence-corrected chi connectivity index (χ3v) is 5.35. The molecular formula is C18H19NO4S. The van der Waals surface area contributed by atoms with Crippen molar-refractivity contribution in [3.8, 4) is 5.75 Å². The van der Waals surface area contributed by atoms with E-state index in [0.717, 1.165) is 16.7 Å². The number of sulfonamides is 1. The van der Waals surface area contributed by atoms with Gasteiger partial charge in [0.15, 0.2) is 0 Å². The fraction of sp³-hybridized carbons (Fsp3) is 0.278. The molecule has 1 aliphatic rings. The zero-order valence-electron chi connectivity index (χ0n) is 13.9. The summed E-state index contributed by atoms with van der Waals surface area (Å²) in [6.07, 6.45) is 1.78. The summed E-state index contributed by atoms with van der Waals surface area (Å²) in [5, 5.41) is 0. The maximum atomic E-state index is 12.4. The molecule has 2 aromatic carbocycles. The van der Waals surface area contributed by atoms with Gasteiger partial charge >= 0.3 is 5.97 Å². The highest BCUT2D eigenvalue weighted by atomic mass is 32.2. The minimum Gasteiger partial charge on any atom is -0.422 e. The van der Waals surface area contributed by atoms with Crippen LogP contribution in [0.1, 0.15) is 27.0 Å². The van der Waals surface area contributed by atoms with Gasteiger partial charge in [-0.25, -0.2) is 13.2 Å². The van der Waals surface area contributed by atoms with Crippen LogP contribution in [0, 0.1) is 13.8 Å². The van der Waals surface area contributed by atoms with Crippen LogP contribution in [0.15, 0.2) is 36.4 Å². The summed E-state index contributed by atoms with van der Waals surface area (Å²) in [5.74, 6) is 0.133. The smallest absolute Gasteiger partial charge is 0.343 e. The molecule has 0 aromatic heterocycles. The monoisotopic (exact) mass is 345 g/mol. The number of carbonyl (C=O) groups is 1. The second kappa shape index (κ2) is 5.94. The summed E-state index contributed by atoms with van der Waals surface area (Å²) >= 11 is 0. The van der Waals surface area contributed by atoms with E-state index in [9.17, 15) is 13.2 Å². The van der Waals surface area contributed by atoms with Crippen molar-refractivity contribution in [1.82, 2.24) is 0 Å². The Bertz CT molecular complexity index is 898. The number of hydrogen-bond donors (Lipinski definition) is 0. The molecule has 0 N–H and O–H groups in total. The van der Waals surface area contributed by atoms with Crippen LogP contribution in [0.3, 0.4) is 0 Å². The van der Waals surface area contributed by atoms with Crippen molar-refractivity contribution >= 4 is 21.7 Å². The molecular weight excluding hydrogens is 326 g/mol. The molecule has 0 radical (unpaired) electrons. The number of esters is 1. The van der Waals surface area contributed by atoms with Crippen LogP contribution in [-0.4, -0.2) is 27.2 Å². The van der Waals surface area contributed by atoms with Crippen LogP contribution in [0.5, 0.6) is 5.75 Å². The molecule has 1 aliphatic heterocycles. The highest BCUT2D eigenvalue weighted by Gasteiger charge is 2.27. The number of benzene rings is 2. The number of para-hydroxylation sites is 1. The number of aryl methyl sites for hydroxylation is 2. The van der Waals surface area contributed by atoms with E-state index >= 15 is 0 Å². The zero-order valence-corrected chi connectivity index (χ0v) is 14.7. The first-order chi connectivity index (χ1) is 11.3. The maximum Gasteiger partial charge on any atom is 0.343 e. The quantitative estimate of drug-likeness (QED) is 0.634. The molecule has 0 saturated heterocycles. The highest BCUT2D eigenvalue weighted by molar-refractivity contribution is 7.92. The molecule has 126 valence electrons. The lowest BCUT2D eigenvalue weighted by atomic mass is 10.1. The normalized spacial score (nSPS) is 13.7. The molecule has 1 heterocycles. The molecule has 0 atom stereocenters. The van der Waals surface area contributed by atoms with E-state index in [-0.39, 0.29) is 0 Å². The highest BCUT2D eigenvalue weighted by Crippen LogP contribution is 2.31. The lowest BCUT2D eigenvalue weighted by molar-refractivity contribution is 0.0732. The maximum absolute atomic E-state index is 12.4. The molecule has 0 unspecified atom stereocenters. The fourth-order valence-corrected chi connectivity index (χ4v) is 3.91. The Balaban J connectivity index is 1.88. The second-order valence-electron chi connectivity index (χ2n) is 6.04. The number of ether oxygens (including phenoxy) is 1. The average Bonchev–Trinajstić information content (AvgIpc) is 2.94. The van der Waals surface area contributed by atoms with Crippen LogP contribution >= 0.6 is 0 Å². The van der Waals surface area contributed by atoms with Crippen molar-refractivity contribution < 1.29 is 17.9 Å². The van der Waals surface area contributed by atoms with E-state index in [1.54, 1.807) is 18.2 Å². The number of anilines is 1. The molecule has 0 aliphatic carbocycles. The first-order valence-corrected chi connectivity index (χ1v) is 9.51. The number of hydrogen-bond acceptors (Lipinski definition) is 4. The van der Waals surface area contributed by atoms with Crippen LogP contribution in [0.25, 0.3) is 0 Å². The van der Waals surface area contributed by atoms with Gasteiger partial charge in [-0.15, -0.1) is 0 Å². The topological polar surface area (TPSA) is 63.7 Å². The van der Waals surface area contributed by atoms with Crippen LogP contribution in [-0.2, 0) is 16.4 Å². The third kappa shape index (κ3) is 3.01. The molecule has 6 heteroatoms. The molecule has 24 heavy (non-hydrogen) atoms. The molecule has 0 fully saturated rings. The minimum absolute atomic E-state index is 0.406. The summed E-state index contributed by atoms with van der Waals surface area (Å²) in [7, 11) is -3.29. The molecule has 5 nitrogen and oxygen atoms in total. The van der Waals surface area contributed by atoms with Crippen molar-refractivity contribution in [2.24, 2.45) is 0 Å². The van der Waals surface area contributed by atoms with Crippen molar-refractivity contribution in [2.45, 2.75) is 20.3 Å². The van der Waals surface area contributed by atoms with Gasteiger partial charge < -0.3 is 4.74 Å². The summed E-state index contributed by atoms with van der Waals surface area (Å²) in [6, 6.07) is 10.7. The summed E-state index contributed by atoms with van der Waals surface area (Å²) < 4.78 is 30.4. The van der Waals surface area contributed by atoms with Gasteiger partial charge in [0, 0.05) is 6.54 Å². The van der Waals surface area contributed by atoms with Gasteiger partial charge in [-0.05, 0) is 55.2 Å². The summed E-state index contributed by atoms with van der Waals surface area (Å²) in [4.78, 5) is 12.4. The lowest BCUT2D eigenvalue weighted by Crippen LogP contribution is -2.27. The third-order valence-electron chi connectivity index (χ3n) is 4.17. The Labute approximate surface area is 141 Å². The van der Waals surface area contributed by atoms with Gasteiger partial charge in [0.25, 0.3) is 0 Å². The number of rotatable bonds is 3. The van der Waals surface area contributed by atoms with Crippen molar-refractivity contribution in [2.75, 3.05) is 17.1 Å².